The third-order valence-corrected chi connectivity index (χ3v) is 12.3. The quantitative estimate of drug-likeness (QED) is 0.368. The summed E-state index contributed by atoms with van der Waals surface area (Å²) in [5.41, 5.74) is 5.94. The molecule has 5 saturated carbocycles. The van der Waals surface area contributed by atoms with Gasteiger partial charge in [0.05, 0.1) is 33.9 Å². The monoisotopic (exact) mass is 614 g/mol. The Bertz CT molecular complexity index is 1520. The Hall–Kier alpha value is -3.11. The van der Waals surface area contributed by atoms with Gasteiger partial charge in [-0.3, -0.25) is 9.59 Å². The number of carbonyl (C=O) groups is 2. The van der Waals surface area contributed by atoms with Crippen molar-refractivity contribution in [3.63, 3.8) is 0 Å². The summed E-state index contributed by atoms with van der Waals surface area (Å²) in [5.74, 6) is 2.94. The minimum Gasteiger partial charge on any atom is -0.391 e. The molecule has 5 aliphatic carbocycles. The molecule has 232 valence electrons. The standard InChI is InChI=1S/C34H42N6O3S/c1-18(22-3-7-24(8-4-22)32-19(2)35-17-44-32)36-33(42)29-14-27(41)15-39(29)34(43)31(40-16-28(37-38-40)23-5-6-23)30-25-10-20-9-21(12-25)13-26(30)11-20/h3-4,7-8,16-18,20-21,23,25-27,29-31,41H,5-6,9-15H2,1-2H3,(H,36,42)/t18-,20?,21?,25?,26?,27+,29?,30?,31-/m0/s1. The first kappa shape index (κ1) is 28.4. The maximum atomic E-state index is 14.7. The molecule has 1 unspecified atom stereocenters. The number of aliphatic hydroxyl groups is 1. The van der Waals surface area contributed by atoms with Crippen molar-refractivity contribution in [3.05, 3.63) is 52.9 Å². The van der Waals surface area contributed by atoms with Crippen LogP contribution in [0.15, 0.2) is 36.0 Å². The molecule has 1 saturated heterocycles. The van der Waals surface area contributed by atoms with E-state index in [1.54, 1.807) is 16.2 Å². The van der Waals surface area contributed by atoms with Gasteiger partial charge in [0.25, 0.3) is 0 Å². The van der Waals surface area contributed by atoms with Gasteiger partial charge in [0, 0.05) is 25.1 Å². The molecule has 6 fully saturated rings. The van der Waals surface area contributed by atoms with E-state index in [1.807, 2.05) is 42.4 Å². The fourth-order valence-corrected chi connectivity index (χ4v) is 10.1. The normalized spacial score (nSPS) is 32.2. The van der Waals surface area contributed by atoms with Gasteiger partial charge in [-0.25, -0.2) is 9.67 Å². The third kappa shape index (κ3) is 5.07. The van der Waals surface area contributed by atoms with Gasteiger partial charge in [-0.05, 0) is 99.5 Å². The molecule has 1 aliphatic heterocycles. The molecule has 2 amide bonds. The Morgan fingerprint density at radius 2 is 1.73 bits per heavy atom. The number of nitrogens with one attached hydrogen (secondary N) is 1. The fourth-order valence-electron chi connectivity index (χ4n) is 9.30. The number of amides is 2. The van der Waals surface area contributed by atoms with Crippen molar-refractivity contribution >= 4 is 23.2 Å². The number of nitrogens with zero attached hydrogens (tertiary/aromatic N) is 5. The second kappa shape index (κ2) is 11.1. The predicted molar refractivity (Wildman–Crippen MR) is 167 cm³/mol. The zero-order valence-corrected chi connectivity index (χ0v) is 26.3. The highest BCUT2D eigenvalue weighted by molar-refractivity contribution is 7.13. The molecule has 4 atom stereocenters. The number of likely N-dealkylation sites (tertiary alicyclic amines) is 1. The number of hydrogen-bond donors (Lipinski definition) is 2. The Kier molecular flexibility index (Phi) is 7.12. The minimum absolute atomic E-state index is 0.0802. The molecule has 0 radical (unpaired) electrons. The number of aliphatic hydroxyl groups excluding tert-OH is 1. The van der Waals surface area contributed by atoms with Crippen LogP contribution in [-0.4, -0.2) is 60.5 Å². The van der Waals surface area contributed by atoms with Gasteiger partial charge in [0.1, 0.15) is 12.1 Å². The van der Waals surface area contributed by atoms with Gasteiger partial charge in [-0.15, -0.1) is 16.4 Å². The number of aromatic nitrogens is 4. The zero-order valence-electron chi connectivity index (χ0n) is 25.5. The van der Waals surface area contributed by atoms with Crippen molar-refractivity contribution in [3.8, 4) is 10.4 Å². The molecule has 0 spiro atoms. The van der Waals surface area contributed by atoms with Gasteiger partial charge < -0.3 is 15.3 Å². The molecule has 3 heterocycles. The highest BCUT2D eigenvalue weighted by atomic mass is 32.1. The lowest BCUT2D eigenvalue weighted by Crippen LogP contribution is -2.54. The van der Waals surface area contributed by atoms with Crippen LogP contribution in [0.4, 0.5) is 0 Å². The lowest BCUT2D eigenvalue weighted by molar-refractivity contribution is -0.148. The van der Waals surface area contributed by atoms with E-state index in [9.17, 15) is 14.7 Å². The van der Waals surface area contributed by atoms with Gasteiger partial charge in [-0.2, -0.15) is 0 Å². The molecule has 9 nitrogen and oxygen atoms in total. The topological polar surface area (TPSA) is 113 Å². The highest BCUT2D eigenvalue weighted by Crippen LogP contribution is 2.59. The Morgan fingerprint density at radius 3 is 2.36 bits per heavy atom. The van der Waals surface area contributed by atoms with Crippen LogP contribution in [0.2, 0.25) is 0 Å². The first-order valence-electron chi connectivity index (χ1n) is 16.5. The van der Waals surface area contributed by atoms with Gasteiger partial charge in [0.15, 0.2) is 0 Å². The summed E-state index contributed by atoms with van der Waals surface area (Å²) in [6.45, 7) is 4.14. The van der Waals surface area contributed by atoms with Crippen LogP contribution in [0, 0.1) is 36.5 Å². The number of benzene rings is 1. The summed E-state index contributed by atoms with van der Waals surface area (Å²) < 4.78 is 1.84. The van der Waals surface area contributed by atoms with Gasteiger partial charge >= 0.3 is 0 Å². The van der Waals surface area contributed by atoms with E-state index in [0.29, 0.717) is 17.8 Å². The number of hydrogen-bond acceptors (Lipinski definition) is 7. The van der Waals surface area contributed by atoms with E-state index in [4.69, 9.17) is 0 Å². The average Bonchev–Trinajstić information content (AvgIpc) is 3.37. The SMILES string of the molecule is Cc1ncsc1-c1ccc([C@H](C)NC(=O)C2C[C@@H](O)CN2C(=O)[C@H](C2C3CC4CC(C3)CC2C4)n2cc(C3CC3)nn2)cc1. The molecule has 4 bridgehead atoms. The maximum absolute atomic E-state index is 14.7. The molecule has 1 aromatic carbocycles. The van der Waals surface area contributed by atoms with E-state index in [2.05, 4.69) is 32.7 Å². The molecule has 44 heavy (non-hydrogen) atoms. The van der Waals surface area contributed by atoms with E-state index in [1.165, 1.54) is 32.1 Å². The first-order valence-corrected chi connectivity index (χ1v) is 17.4. The smallest absolute Gasteiger partial charge is 0.248 e. The molecule has 3 aromatic rings. The van der Waals surface area contributed by atoms with E-state index in [-0.39, 0.29) is 36.7 Å². The predicted octanol–water partition coefficient (Wildman–Crippen LogP) is 5.04. The van der Waals surface area contributed by atoms with Crippen LogP contribution in [0.1, 0.15) is 93.2 Å². The van der Waals surface area contributed by atoms with Crippen LogP contribution in [0.3, 0.4) is 0 Å². The second-order valence-corrected chi connectivity index (χ2v) is 15.2. The molecule has 2 N–H and O–H groups in total. The van der Waals surface area contributed by atoms with Crippen molar-refractivity contribution in [2.45, 2.75) is 95.4 Å². The molecule has 2 aromatic heterocycles. The first-order chi connectivity index (χ1) is 21.3. The Labute approximate surface area is 262 Å². The van der Waals surface area contributed by atoms with Crippen molar-refractivity contribution in [1.29, 1.82) is 0 Å². The van der Waals surface area contributed by atoms with Crippen LogP contribution in [0.5, 0.6) is 0 Å². The summed E-state index contributed by atoms with van der Waals surface area (Å²) in [6, 6.07) is 6.77. The van der Waals surface area contributed by atoms with Crippen molar-refractivity contribution in [2.75, 3.05) is 6.54 Å². The van der Waals surface area contributed by atoms with E-state index >= 15 is 0 Å². The van der Waals surface area contributed by atoms with Crippen molar-refractivity contribution in [1.82, 2.24) is 30.2 Å². The zero-order chi connectivity index (χ0) is 30.1. The number of thiazole rings is 1. The van der Waals surface area contributed by atoms with Crippen molar-refractivity contribution in [2.24, 2.45) is 29.6 Å². The number of rotatable bonds is 8. The summed E-state index contributed by atoms with van der Waals surface area (Å²) in [6.07, 6.45) is 9.88. The highest BCUT2D eigenvalue weighted by Gasteiger charge is 2.54. The lowest BCUT2D eigenvalue weighted by Gasteiger charge is -2.56. The molecule has 10 heteroatoms. The lowest BCUT2D eigenvalue weighted by atomic mass is 9.50. The van der Waals surface area contributed by atoms with Crippen LogP contribution >= 0.6 is 11.3 Å². The van der Waals surface area contributed by atoms with E-state index in [0.717, 1.165) is 52.1 Å². The second-order valence-electron chi connectivity index (χ2n) is 14.4. The molecule has 6 aliphatic rings. The van der Waals surface area contributed by atoms with E-state index < -0.39 is 18.2 Å². The molecular weight excluding hydrogens is 572 g/mol. The average molecular weight is 615 g/mol. The van der Waals surface area contributed by atoms with Crippen molar-refractivity contribution < 1.29 is 14.7 Å². The Balaban J connectivity index is 1.03. The molecular formula is C34H42N6O3S. The summed E-state index contributed by atoms with van der Waals surface area (Å²) in [7, 11) is 0. The fraction of sp³-hybridized carbons (Fsp3) is 0.618. The largest absolute Gasteiger partial charge is 0.391 e. The van der Waals surface area contributed by atoms with Crippen LogP contribution < -0.4 is 5.32 Å². The Morgan fingerprint density at radius 1 is 1.02 bits per heavy atom. The summed E-state index contributed by atoms with van der Waals surface area (Å²) >= 11 is 1.62. The summed E-state index contributed by atoms with van der Waals surface area (Å²) in [4.78, 5) is 35.7. The number of aryl methyl sites for hydroxylation is 1. The summed E-state index contributed by atoms with van der Waals surface area (Å²) in [5, 5.41) is 23.0. The number of β-amino-alcohol motifs (C(OH)–C–C–N with tert-alkyl or cyclic N) is 1. The van der Waals surface area contributed by atoms with Crippen LogP contribution in [0.25, 0.3) is 10.4 Å². The van der Waals surface area contributed by atoms with Gasteiger partial charge in [0.2, 0.25) is 11.8 Å². The number of carbonyl (C=O) groups excluding carboxylic acids is 2. The van der Waals surface area contributed by atoms with Crippen LogP contribution in [-0.2, 0) is 9.59 Å². The maximum Gasteiger partial charge on any atom is 0.248 e. The minimum atomic E-state index is -0.733. The van der Waals surface area contributed by atoms with Gasteiger partial charge in [-0.1, -0.05) is 29.5 Å². The third-order valence-electron chi connectivity index (χ3n) is 11.4. The molecule has 9 rings (SSSR count).